The van der Waals surface area contributed by atoms with E-state index in [0.29, 0.717) is 11.8 Å². The van der Waals surface area contributed by atoms with Crippen molar-refractivity contribution in [3.8, 4) is 0 Å². The van der Waals surface area contributed by atoms with E-state index in [4.69, 9.17) is 0 Å². The molecular weight excluding hydrogens is 228 g/mol. The summed E-state index contributed by atoms with van der Waals surface area (Å²) in [5.41, 5.74) is 4.20. The van der Waals surface area contributed by atoms with Crippen LogP contribution in [-0.4, -0.2) is 0 Å². The highest BCUT2D eigenvalue weighted by Crippen LogP contribution is 2.14. The van der Waals surface area contributed by atoms with Crippen LogP contribution in [0.1, 0.15) is 56.2 Å². The molecule has 0 heterocycles. The third kappa shape index (κ3) is 5.74. The molecule has 0 aliphatic carbocycles. The molecule has 0 atom stereocenters. The van der Waals surface area contributed by atoms with Crippen LogP contribution in [0.5, 0.6) is 0 Å². The van der Waals surface area contributed by atoms with Crippen LogP contribution in [0.4, 0.5) is 0 Å². The molecule has 0 nitrogen and oxygen atoms in total. The van der Waals surface area contributed by atoms with Gasteiger partial charge in [-0.25, -0.2) is 0 Å². The summed E-state index contributed by atoms with van der Waals surface area (Å²) in [6.07, 6.45) is 0. The largest absolute Gasteiger partial charge is 0.0622 e. The molecule has 0 saturated heterocycles. The Balaban J connectivity index is 0.000000191. The Hall–Kier alpha value is -1.56. The summed E-state index contributed by atoms with van der Waals surface area (Å²) in [6.45, 7) is 11.0. The van der Waals surface area contributed by atoms with Crippen molar-refractivity contribution in [3.63, 3.8) is 0 Å². The minimum absolute atomic E-state index is 0.653. The van der Waals surface area contributed by atoms with Gasteiger partial charge in [-0.1, -0.05) is 87.9 Å². The minimum Gasteiger partial charge on any atom is -0.0622 e. The van der Waals surface area contributed by atoms with E-state index in [9.17, 15) is 0 Å². The highest BCUT2D eigenvalue weighted by Gasteiger charge is 1.96. The van der Waals surface area contributed by atoms with Crippen LogP contribution in [-0.2, 0) is 0 Å². The molecule has 0 aliphatic heterocycles. The maximum Gasteiger partial charge on any atom is -0.0219 e. The molecule has 0 aromatic heterocycles. The molecule has 2 rings (SSSR count). The summed E-state index contributed by atoms with van der Waals surface area (Å²) in [5, 5.41) is 0. The van der Waals surface area contributed by atoms with E-state index >= 15 is 0 Å². The van der Waals surface area contributed by atoms with Crippen LogP contribution in [0.2, 0.25) is 0 Å². The summed E-state index contributed by atoms with van der Waals surface area (Å²) in [4.78, 5) is 0. The first-order valence-corrected chi connectivity index (χ1v) is 7.12. The molecule has 0 saturated carbocycles. The summed E-state index contributed by atoms with van der Waals surface area (Å²) < 4.78 is 0. The van der Waals surface area contributed by atoms with Gasteiger partial charge in [0.25, 0.3) is 0 Å². The number of hydrogen-bond donors (Lipinski definition) is 0. The summed E-state index contributed by atoms with van der Waals surface area (Å²) in [6, 6.07) is 19.2. The van der Waals surface area contributed by atoms with Crippen molar-refractivity contribution in [2.45, 2.75) is 46.5 Å². The van der Waals surface area contributed by atoms with Crippen LogP contribution in [0.25, 0.3) is 0 Å². The van der Waals surface area contributed by atoms with Gasteiger partial charge in [0.05, 0.1) is 0 Å². The monoisotopic (exact) mass is 254 g/mol. The Morgan fingerprint density at radius 2 is 1.16 bits per heavy atom. The fraction of sp³-hybridized carbons (Fsp3) is 0.368. The smallest absolute Gasteiger partial charge is 0.0219 e. The van der Waals surface area contributed by atoms with E-state index in [0.717, 1.165) is 0 Å². The van der Waals surface area contributed by atoms with Gasteiger partial charge in [-0.05, 0) is 29.9 Å². The molecular formula is C19H26. The van der Waals surface area contributed by atoms with E-state index in [2.05, 4.69) is 83.1 Å². The van der Waals surface area contributed by atoms with E-state index < -0.39 is 0 Å². The number of rotatable bonds is 2. The van der Waals surface area contributed by atoms with Crippen LogP contribution in [0.3, 0.4) is 0 Å². The Morgan fingerprint density at radius 3 is 1.53 bits per heavy atom. The van der Waals surface area contributed by atoms with E-state index in [1.165, 1.54) is 16.7 Å². The van der Waals surface area contributed by atoms with Crippen LogP contribution in [0, 0.1) is 6.92 Å². The zero-order valence-corrected chi connectivity index (χ0v) is 12.9. The second-order valence-electron chi connectivity index (χ2n) is 5.63. The Morgan fingerprint density at radius 1 is 0.632 bits per heavy atom. The van der Waals surface area contributed by atoms with Gasteiger partial charge in [-0.15, -0.1) is 0 Å². The van der Waals surface area contributed by atoms with E-state index in [1.54, 1.807) is 0 Å². The number of benzene rings is 2. The zero-order chi connectivity index (χ0) is 14.3. The van der Waals surface area contributed by atoms with Crippen molar-refractivity contribution < 1.29 is 0 Å². The van der Waals surface area contributed by atoms with Gasteiger partial charge in [-0.3, -0.25) is 0 Å². The standard InChI is InChI=1S/C10H14.C9H12/c1-8(2)10-6-4-5-9(3)7-10;1-8(2)9-6-4-3-5-7-9/h4-8H,1-3H3;3-8H,1-2H3. The first-order chi connectivity index (χ1) is 9.00. The Bertz CT molecular complexity index is 466. The Kier molecular flexibility index (Phi) is 6.35. The molecule has 0 bridgehead atoms. The third-order valence-corrected chi connectivity index (χ3v) is 3.18. The summed E-state index contributed by atoms with van der Waals surface area (Å²) in [5.74, 6) is 1.31. The molecule has 0 radical (unpaired) electrons. The SMILES string of the molecule is CC(C)c1ccccc1.Cc1cccc(C(C)C)c1. The van der Waals surface area contributed by atoms with Gasteiger partial charge in [0.1, 0.15) is 0 Å². The predicted octanol–water partition coefficient (Wildman–Crippen LogP) is 5.93. The quantitative estimate of drug-likeness (QED) is 0.623. The number of aryl methyl sites for hydroxylation is 1. The molecule has 0 unspecified atom stereocenters. The molecule has 0 heteroatoms. The lowest BCUT2D eigenvalue weighted by atomic mass is 10.0. The lowest BCUT2D eigenvalue weighted by molar-refractivity contribution is 0.865. The molecule has 0 amide bonds. The molecule has 2 aromatic carbocycles. The van der Waals surface area contributed by atoms with E-state index in [-0.39, 0.29) is 0 Å². The maximum absolute atomic E-state index is 2.24. The molecule has 0 fully saturated rings. The first-order valence-electron chi connectivity index (χ1n) is 7.12. The van der Waals surface area contributed by atoms with Crippen molar-refractivity contribution >= 4 is 0 Å². The number of hydrogen-bond acceptors (Lipinski definition) is 0. The second-order valence-corrected chi connectivity index (χ2v) is 5.63. The van der Waals surface area contributed by atoms with Gasteiger partial charge >= 0.3 is 0 Å². The van der Waals surface area contributed by atoms with Crippen LogP contribution in [0.15, 0.2) is 54.6 Å². The highest BCUT2D eigenvalue weighted by atomic mass is 14.0. The highest BCUT2D eigenvalue weighted by molar-refractivity contribution is 5.24. The molecule has 2 aromatic rings. The van der Waals surface area contributed by atoms with E-state index in [1.807, 2.05) is 6.07 Å². The third-order valence-electron chi connectivity index (χ3n) is 3.18. The summed E-state index contributed by atoms with van der Waals surface area (Å²) >= 11 is 0. The Labute approximate surface area is 118 Å². The minimum atomic E-state index is 0.653. The zero-order valence-electron chi connectivity index (χ0n) is 12.9. The average Bonchev–Trinajstić information content (AvgIpc) is 2.40. The fourth-order valence-electron chi connectivity index (χ4n) is 1.87. The van der Waals surface area contributed by atoms with Gasteiger partial charge in [-0.2, -0.15) is 0 Å². The first kappa shape index (κ1) is 15.5. The van der Waals surface area contributed by atoms with Gasteiger partial charge in [0.2, 0.25) is 0 Å². The molecule has 102 valence electrons. The van der Waals surface area contributed by atoms with Crippen molar-refractivity contribution in [2.75, 3.05) is 0 Å². The van der Waals surface area contributed by atoms with Gasteiger partial charge in [0.15, 0.2) is 0 Å². The molecule has 19 heavy (non-hydrogen) atoms. The maximum atomic E-state index is 2.24. The van der Waals surface area contributed by atoms with Gasteiger partial charge in [0, 0.05) is 0 Å². The second kappa shape index (κ2) is 7.78. The fourth-order valence-corrected chi connectivity index (χ4v) is 1.87. The van der Waals surface area contributed by atoms with Crippen LogP contribution >= 0.6 is 0 Å². The lowest BCUT2D eigenvalue weighted by Gasteiger charge is -2.04. The van der Waals surface area contributed by atoms with Crippen molar-refractivity contribution in [1.29, 1.82) is 0 Å². The van der Waals surface area contributed by atoms with Crippen molar-refractivity contribution in [3.05, 3.63) is 71.3 Å². The molecule has 0 N–H and O–H groups in total. The predicted molar refractivity (Wildman–Crippen MR) is 85.8 cm³/mol. The lowest BCUT2D eigenvalue weighted by Crippen LogP contribution is -1.86. The molecule has 0 spiro atoms. The summed E-state index contributed by atoms with van der Waals surface area (Å²) in [7, 11) is 0. The van der Waals surface area contributed by atoms with Gasteiger partial charge < -0.3 is 0 Å². The van der Waals surface area contributed by atoms with Crippen LogP contribution < -0.4 is 0 Å². The molecule has 0 aliphatic rings. The van der Waals surface area contributed by atoms with Crippen molar-refractivity contribution in [2.24, 2.45) is 0 Å². The topological polar surface area (TPSA) is 0 Å². The normalized spacial score (nSPS) is 10.3. The average molecular weight is 254 g/mol. The van der Waals surface area contributed by atoms with Crippen molar-refractivity contribution in [1.82, 2.24) is 0 Å².